The van der Waals surface area contributed by atoms with E-state index < -0.39 is 23.1 Å². The van der Waals surface area contributed by atoms with E-state index in [4.69, 9.17) is 39.7 Å². The third-order valence-corrected chi connectivity index (χ3v) is 11.0. The summed E-state index contributed by atoms with van der Waals surface area (Å²) in [4.78, 5) is 47.1. The maximum absolute atomic E-state index is 15.0. The van der Waals surface area contributed by atoms with Crippen molar-refractivity contribution in [2.24, 2.45) is 5.92 Å². The second kappa shape index (κ2) is 12.7. The van der Waals surface area contributed by atoms with Crippen LogP contribution in [0.1, 0.15) is 69.1 Å². The fraction of sp³-hybridized carbons (Fsp3) is 0.325. The van der Waals surface area contributed by atoms with Crippen LogP contribution in [0.25, 0.3) is 22.2 Å². The molecule has 2 aliphatic carbocycles. The standard InChI is InChI=1S/C40H37ClN2O9/c1-19-15-29-32(38(45)40(19)39(46)33-28(49-4)18-30(50-5)34(41)37(33)52-40)25(36(51-29)20-9-11-21(47-2)12-10-20)17-31(44)42-27-8-6-7-23-24-16-22(48-3)13-14-26(24)43-35(23)27/h9-14,16,18-19,27,43H,6-8,15,17H2,1-5H3,(H,42,44)/t19-,27?,40+/m1/s1. The summed E-state index contributed by atoms with van der Waals surface area (Å²) >= 11 is 6.67. The fourth-order valence-corrected chi connectivity index (χ4v) is 8.36. The highest BCUT2D eigenvalue weighted by Gasteiger charge is 2.63. The van der Waals surface area contributed by atoms with Gasteiger partial charge in [0.2, 0.25) is 23.1 Å². The number of H-pyrrole nitrogens is 1. The lowest BCUT2D eigenvalue weighted by Crippen LogP contribution is -2.56. The van der Waals surface area contributed by atoms with Gasteiger partial charge in [0.25, 0.3) is 0 Å². The third kappa shape index (κ3) is 4.97. The fourth-order valence-electron chi connectivity index (χ4n) is 8.09. The quantitative estimate of drug-likeness (QED) is 0.159. The normalized spacial score (nSPS) is 20.3. The SMILES string of the molecule is COc1ccc(-c2oc3c(c2CC(=O)NC2CCCc4c2[nH]c2ccc(OC)cc42)C(=O)[C@@]2(Oc4c(Cl)c(OC)cc(OC)c4C2=O)[C@H](C)C3)cc1. The molecule has 1 aliphatic heterocycles. The molecule has 2 aromatic heterocycles. The van der Waals surface area contributed by atoms with Crippen molar-refractivity contribution in [3.8, 4) is 40.1 Å². The number of Topliss-reactive ketones (excluding diaryl/α,β-unsaturated/α-hetero) is 2. The maximum Gasteiger partial charge on any atom is 0.237 e. The molecule has 0 bridgehead atoms. The Bertz CT molecular complexity index is 2290. The zero-order valence-corrected chi connectivity index (χ0v) is 30.1. The summed E-state index contributed by atoms with van der Waals surface area (Å²) in [6, 6.07) is 14.3. The Kier molecular flexibility index (Phi) is 8.21. The zero-order valence-electron chi connectivity index (χ0n) is 29.4. The number of nitrogens with one attached hydrogen (secondary N) is 2. The Morgan fingerprint density at radius 1 is 0.942 bits per heavy atom. The van der Waals surface area contributed by atoms with Crippen molar-refractivity contribution in [3.63, 3.8) is 0 Å². The number of rotatable bonds is 8. The number of furan rings is 1. The number of amides is 1. The number of methoxy groups -OCH3 is 4. The van der Waals surface area contributed by atoms with Gasteiger partial charge < -0.3 is 38.4 Å². The van der Waals surface area contributed by atoms with Crippen LogP contribution in [0, 0.1) is 5.92 Å². The van der Waals surface area contributed by atoms with Gasteiger partial charge in [-0.2, -0.15) is 0 Å². The van der Waals surface area contributed by atoms with Crippen molar-refractivity contribution >= 4 is 40.0 Å². The Balaban J connectivity index is 1.19. The second-order valence-corrected chi connectivity index (χ2v) is 13.8. The van der Waals surface area contributed by atoms with E-state index in [0.717, 1.165) is 47.2 Å². The molecule has 11 nitrogen and oxygen atoms in total. The lowest BCUT2D eigenvalue weighted by Gasteiger charge is -2.35. The predicted molar refractivity (Wildman–Crippen MR) is 193 cm³/mol. The van der Waals surface area contributed by atoms with Crippen LogP contribution >= 0.6 is 11.6 Å². The average molecular weight is 725 g/mol. The Morgan fingerprint density at radius 2 is 1.65 bits per heavy atom. The molecule has 3 heterocycles. The number of benzene rings is 3. The Hall–Kier alpha value is -5.42. The van der Waals surface area contributed by atoms with Crippen LogP contribution in [0.15, 0.2) is 52.9 Å². The highest BCUT2D eigenvalue weighted by molar-refractivity contribution is 6.36. The number of ether oxygens (including phenoxy) is 5. The molecular weight excluding hydrogens is 688 g/mol. The van der Waals surface area contributed by atoms with Crippen LogP contribution in [0.4, 0.5) is 0 Å². The smallest absolute Gasteiger partial charge is 0.237 e. The van der Waals surface area contributed by atoms with Gasteiger partial charge in [-0.15, -0.1) is 0 Å². The summed E-state index contributed by atoms with van der Waals surface area (Å²) in [5.41, 5.74) is 2.36. The largest absolute Gasteiger partial charge is 0.497 e. The molecule has 1 spiro atoms. The molecule has 3 aromatic carbocycles. The van der Waals surface area contributed by atoms with Crippen LogP contribution < -0.4 is 29.0 Å². The van der Waals surface area contributed by atoms with Gasteiger partial charge in [0.05, 0.1) is 46.5 Å². The number of carbonyl (C=O) groups excluding carboxylic acids is 3. The number of carbonyl (C=O) groups is 3. The van der Waals surface area contributed by atoms with E-state index in [9.17, 15) is 14.4 Å². The maximum atomic E-state index is 15.0. The highest BCUT2D eigenvalue weighted by Crippen LogP contribution is 2.54. The number of aromatic amines is 1. The summed E-state index contributed by atoms with van der Waals surface area (Å²) in [5, 5.41) is 4.36. The van der Waals surface area contributed by atoms with Crippen molar-refractivity contribution in [2.45, 2.75) is 50.7 Å². The number of hydrogen-bond donors (Lipinski definition) is 2. The summed E-state index contributed by atoms with van der Waals surface area (Å²) in [6.45, 7) is 1.76. The van der Waals surface area contributed by atoms with Crippen molar-refractivity contribution in [1.29, 1.82) is 0 Å². The first-order valence-corrected chi connectivity index (χ1v) is 17.5. The van der Waals surface area contributed by atoms with Crippen LogP contribution in [0.5, 0.6) is 28.7 Å². The van der Waals surface area contributed by atoms with E-state index in [2.05, 4.69) is 10.3 Å². The zero-order chi connectivity index (χ0) is 36.5. The van der Waals surface area contributed by atoms with Crippen molar-refractivity contribution in [1.82, 2.24) is 10.3 Å². The Morgan fingerprint density at radius 3 is 2.37 bits per heavy atom. The number of hydrogen-bond acceptors (Lipinski definition) is 9. The van der Waals surface area contributed by atoms with Crippen molar-refractivity contribution in [2.75, 3.05) is 28.4 Å². The van der Waals surface area contributed by atoms with Gasteiger partial charge in [-0.1, -0.05) is 18.5 Å². The van der Waals surface area contributed by atoms with Gasteiger partial charge >= 0.3 is 0 Å². The molecule has 8 rings (SSSR count). The van der Waals surface area contributed by atoms with E-state index in [-0.39, 0.29) is 58.2 Å². The Labute approximate surface area is 304 Å². The molecule has 0 saturated heterocycles. The van der Waals surface area contributed by atoms with E-state index in [1.807, 2.05) is 30.3 Å². The molecule has 12 heteroatoms. The van der Waals surface area contributed by atoms with E-state index in [1.165, 1.54) is 20.3 Å². The number of ketones is 2. The van der Waals surface area contributed by atoms with Gasteiger partial charge in [0.1, 0.15) is 45.1 Å². The van der Waals surface area contributed by atoms with Crippen molar-refractivity contribution < 1.29 is 42.5 Å². The summed E-state index contributed by atoms with van der Waals surface area (Å²) in [7, 11) is 6.07. The first-order valence-electron chi connectivity index (χ1n) is 17.1. The topological polar surface area (TPSA) is 138 Å². The van der Waals surface area contributed by atoms with Gasteiger partial charge in [-0.25, -0.2) is 0 Å². The third-order valence-electron chi connectivity index (χ3n) is 10.7. The van der Waals surface area contributed by atoms with E-state index in [0.29, 0.717) is 28.4 Å². The monoisotopic (exact) mass is 724 g/mol. The summed E-state index contributed by atoms with van der Waals surface area (Å²) in [5.74, 6) is 0.451. The van der Waals surface area contributed by atoms with Crippen LogP contribution in [-0.4, -0.2) is 56.5 Å². The number of aromatic nitrogens is 1. The molecule has 1 unspecified atom stereocenters. The molecule has 3 aliphatic rings. The second-order valence-electron chi connectivity index (χ2n) is 13.5. The molecular formula is C40H37ClN2O9. The molecule has 268 valence electrons. The predicted octanol–water partition coefficient (Wildman–Crippen LogP) is 7.24. The number of aryl methyl sites for hydroxylation is 1. The lowest BCUT2D eigenvalue weighted by molar-refractivity contribution is -0.121. The first kappa shape index (κ1) is 33.7. The average Bonchev–Trinajstić information content (AvgIpc) is 3.81. The molecule has 0 radical (unpaired) electrons. The van der Waals surface area contributed by atoms with Crippen molar-refractivity contribution in [3.05, 3.63) is 87.3 Å². The minimum absolute atomic E-state index is 0.0220. The van der Waals surface area contributed by atoms with Gasteiger partial charge in [0, 0.05) is 46.1 Å². The minimum Gasteiger partial charge on any atom is -0.497 e. The summed E-state index contributed by atoms with van der Waals surface area (Å²) in [6.07, 6.45) is 2.50. The first-order chi connectivity index (χ1) is 25.1. The molecule has 5 aromatic rings. The van der Waals surface area contributed by atoms with Gasteiger partial charge in [0.15, 0.2) is 5.75 Å². The molecule has 1 amide bonds. The van der Waals surface area contributed by atoms with Crippen LogP contribution in [0.2, 0.25) is 5.02 Å². The molecule has 0 saturated carbocycles. The van der Waals surface area contributed by atoms with Gasteiger partial charge in [-0.05, 0) is 67.3 Å². The summed E-state index contributed by atoms with van der Waals surface area (Å²) < 4.78 is 34.7. The molecule has 3 atom stereocenters. The number of fused-ring (bicyclic) bond motifs is 5. The highest BCUT2D eigenvalue weighted by atomic mass is 35.5. The molecule has 0 fully saturated rings. The minimum atomic E-state index is -1.96. The van der Waals surface area contributed by atoms with Crippen LogP contribution in [0.3, 0.4) is 0 Å². The van der Waals surface area contributed by atoms with E-state index in [1.54, 1.807) is 33.3 Å². The molecule has 52 heavy (non-hydrogen) atoms. The lowest BCUT2D eigenvalue weighted by atomic mass is 9.70. The van der Waals surface area contributed by atoms with Crippen LogP contribution in [-0.2, 0) is 24.1 Å². The van der Waals surface area contributed by atoms with E-state index >= 15 is 0 Å². The molecule has 2 N–H and O–H groups in total. The number of halogens is 1. The van der Waals surface area contributed by atoms with Gasteiger partial charge in [-0.3, -0.25) is 14.4 Å².